The highest BCUT2D eigenvalue weighted by Gasteiger charge is 2.06. The van der Waals surface area contributed by atoms with E-state index in [4.69, 9.17) is 42.6 Å². The maximum Gasteiger partial charge on any atom is 0.338 e. The molecule has 39 heavy (non-hydrogen) atoms. The first-order valence-electron chi connectivity index (χ1n) is 13.8. The summed E-state index contributed by atoms with van der Waals surface area (Å²) in [6.07, 6.45) is 2.25. The summed E-state index contributed by atoms with van der Waals surface area (Å²) in [6, 6.07) is 7.29. The lowest BCUT2D eigenvalue weighted by Gasteiger charge is -2.09. The summed E-state index contributed by atoms with van der Waals surface area (Å²) in [4.78, 5) is 12.1. The van der Waals surface area contributed by atoms with Crippen LogP contribution in [0.3, 0.4) is 0 Å². The Morgan fingerprint density at radius 2 is 0.974 bits per heavy atom. The van der Waals surface area contributed by atoms with E-state index in [0.717, 1.165) is 25.1 Å². The molecule has 0 aliphatic heterocycles. The molecule has 0 aromatic heterocycles. The quantitative estimate of drug-likeness (QED) is 0.116. The second-order valence-corrected chi connectivity index (χ2v) is 8.27. The number of carbonyl (C=O) groups is 1. The van der Waals surface area contributed by atoms with Gasteiger partial charge in [0.2, 0.25) is 0 Å². The van der Waals surface area contributed by atoms with Crippen molar-refractivity contribution in [2.45, 2.75) is 19.8 Å². The van der Waals surface area contributed by atoms with Gasteiger partial charge in [-0.3, -0.25) is 0 Å². The van der Waals surface area contributed by atoms with Crippen LogP contribution in [0.1, 0.15) is 30.1 Å². The number of anilines is 1. The molecule has 0 bridgehead atoms. The molecule has 1 aromatic rings. The predicted molar refractivity (Wildman–Crippen MR) is 148 cm³/mol. The van der Waals surface area contributed by atoms with Gasteiger partial charge in [-0.05, 0) is 30.7 Å². The van der Waals surface area contributed by atoms with Crippen LogP contribution in [0, 0.1) is 0 Å². The molecule has 0 amide bonds. The number of esters is 1. The number of hydrogen-bond acceptors (Lipinski definition) is 11. The van der Waals surface area contributed by atoms with Crippen LogP contribution in [0.15, 0.2) is 24.3 Å². The summed E-state index contributed by atoms with van der Waals surface area (Å²) in [7, 11) is 1.64. The molecular weight excluding hydrogens is 510 g/mol. The normalized spacial score (nSPS) is 11.1. The molecule has 11 heteroatoms. The van der Waals surface area contributed by atoms with Crippen molar-refractivity contribution >= 4 is 11.7 Å². The Morgan fingerprint density at radius 1 is 0.590 bits per heavy atom. The minimum Gasteiger partial charge on any atom is -0.460 e. The topological polar surface area (TPSA) is 112 Å². The molecule has 0 saturated carbocycles. The zero-order valence-corrected chi connectivity index (χ0v) is 23.8. The number of methoxy groups -OCH3 is 1. The van der Waals surface area contributed by atoms with Gasteiger partial charge in [0.05, 0.1) is 105 Å². The van der Waals surface area contributed by atoms with Crippen molar-refractivity contribution < 1.29 is 47.4 Å². The van der Waals surface area contributed by atoms with Crippen LogP contribution in [-0.4, -0.2) is 125 Å². The number of nitrogens with one attached hydrogen (secondary N) is 1. The molecule has 1 rings (SSSR count). The molecule has 0 fully saturated rings. The summed E-state index contributed by atoms with van der Waals surface area (Å²) in [5.74, 6) is -0.357. The summed E-state index contributed by atoms with van der Waals surface area (Å²) >= 11 is 0. The lowest BCUT2D eigenvalue weighted by atomic mass is 10.2. The van der Waals surface area contributed by atoms with E-state index in [0.29, 0.717) is 105 Å². The smallest absolute Gasteiger partial charge is 0.338 e. The molecule has 0 radical (unpaired) electrons. The largest absolute Gasteiger partial charge is 0.460 e. The van der Waals surface area contributed by atoms with Crippen molar-refractivity contribution in [1.82, 2.24) is 0 Å². The average Bonchev–Trinajstić information content (AvgIpc) is 2.95. The molecule has 0 atom stereocenters. The van der Waals surface area contributed by atoms with E-state index >= 15 is 0 Å². The van der Waals surface area contributed by atoms with Gasteiger partial charge in [0.1, 0.15) is 6.61 Å². The minimum absolute atomic E-state index is 0.197. The van der Waals surface area contributed by atoms with E-state index in [9.17, 15) is 4.79 Å². The van der Waals surface area contributed by atoms with Crippen LogP contribution in [-0.2, 0) is 42.6 Å². The summed E-state index contributed by atoms with van der Waals surface area (Å²) in [5, 5.41) is 3.31. The van der Waals surface area contributed by atoms with Crippen LogP contribution < -0.4 is 5.32 Å². The number of carbonyl (C=O) groups excluding carboxylic acids is 1. The van der Waals surface area contributed by atoms with Crippen molar-refractivity contribution in [2.24, 2.45) is 0 Å². The van der Waals surface area contributed by atoms with E-state index in [1.165, 1.54) is 0 Å². The predicted octanol–water partition coefficient (Wildman–Crippen LogP) is 2.82. The van der Waals surface area contributed by atoms with Crippen LogP contribution in [0.25, 0.3) is 0 Å². The van der Waals surface area contributed by atoms with E-state index in [1.807, 2.05) is 12.1 Å². The Balaban J connectivity index is 1.77. The third-order valence-corrected chi connectivity index (χ3v) is 5.10. The molecule has 0 spiro atoms. The van der Waals surface area contributed by atoms with Gasteiger partial charge in [0.25, 0.3) is 0 Å². The summed E-state index contributed by atoms with van der Waals surface area (Å²) in [6.45, 7) is 10.8. The Hall–Kier alpha value is -1.83. The highest BCUT2D eigenvalue weighted by Crippen LogP contribution is 2.10. The average molecular weight is 560 g/mol. The minimum atomic E-state index is -0.357. The fraction of sp³-hybridized carbons (Fsp3) is 0.750. The van der Waals surface area contributed by atoms with E-state index in [2.05, 4.69) is 12.2 Å². The number of benzene rings is 1. The van der Waals surface area contributed by atoms with Crippen molar-refractivity contribution in [2.75, 3.05) is 125 Å². The van der Waals surface area contributed by atoms with E-state index in [1.54, 1.807) is 19.2 Å². The number of rotatable bonds is 29. The first kappa shape index (κ1) is 35.2. The first-order valence-corrected chi connectivity index (χ1v) is 13.8. The Morgan fingerprint density at radius 3 is 1.36 bits per heavy atom. The van der Waals surface area contributed by atoms with Crippen LogP contribution in [0.4, 0.5) is 5.69 Å². The van der Waals surface area contributed by atoms with Crippen molar-refractivity contribution in [1.29, 1.82) is 0 Å². The first-order chi connectivity index (χ1) is 19.3. The van der Waals surface area contributed by atoms with Gasteiger partial charge in [0.15, 0.2) is 0 Å². The second kappa shape index (κ2) is 27.7. The third-order valence-electron chi connectivity index (χ3n) is 5.10. The van der Waals surface area contributed by atoms with E-state index in [-0.39, 0.29) is 12.6 Å². The van der Waals surface area contributed by atoms with Crippen molar-refractivity contribution in [3.8, 4) is 0 Å². The molecule has 0 saturated heterocycles. The molecule has 0 aliphatic rings. The molecule has 11 nitrogen and oxygen atoms in total. The zero-order valence-electron chi connectivity index (χ0n) is 23.8. The van der Waals surface area contributed by atoms with Crippen LogP contribution in [0.5, 0.6) is 0 Å². The van der Waals surface area contributed by atoms with Gasteiger partial charge in [-0.1, -0.05) is 13.3 Å². The molecule has 1 aromatic carbocycles. The standard InChI is InChI=1S/C28H49NO10/c1-3-4-9-29-27-7-5-26(6-8-27)28(30)39-25-24-38-23-22-37-21-20-36-19-18-35-17-16-34-15-14-33-13-12-32-11-10-31-2/h5-8,29H,3-4,9-25H2,1-2H3. The fourth-order valence-corrected chi connectivity index (χ4v) is 2.97. The highest BCUT2D eigenvalue weighted by atomic mass is 16.6. The number of hydrogen-bond donors (Lipinski definition) is 1. The van der Waals surface area contributed by atoms with Gasteiger partial charge in [-0.15, -0.1) is 0 Å². The molecular formula is C28H49NO10. The van der Waals surface area contributed by atoms with Crippen LogP contribution in [0.2, 0.25) is 0 Å². The highest BCUT2D eigenvalue weighted by molar-refractivity contribution is 5.89. The molecule has 0 aliphatic carbocycles. The Labute approximate surface area is 233 Å². The van der Waals surface area contributed by atoms with E-state index < -0.39 is 0 Å². The van der Waals surface area contributed by atoms with Gasteiger partial charge >= 0.3 is 5.97 Å². The van der Waals surface area contributed by atoms with Gasteiger partial charge in [-0.2, -0.15) is 0 Å². The molecule has 0 heterocycles. The number of unbranched alkanes of at least 4 members (excludes halogenated alkanes) is 1. The van der Waals surface area contributed by atoms with Gasteiger partial charge < -0.3 is 47.9 Å². The molecule has 0 unspecified atom stereocenters. The van der Waals surface area contributed by atoms with Crippen molar-refractivity contribution in [3.63, 3.8) is 0 Å². The number of ether oxygens (including phenoxy) is 9. The zero-order chi connectivity index (χ0) is 28.1. The molecule has 226 valence electrons. The summed E-state index contributed by atoms with van der Waals surface area (Å²) < 4.78 is 48.0. The maximum absolute atomic E-state index is 12.1. The monoisotopic (exact) mass is 559 g/mol. The lowest BCUT2D eigenvalue weighted by molar-refractivity contribution is -0.0235. The van der Waals surface area contributed by atoms with Gasteiger partial charge in [-0.25, -0.2) is 4.79 Å². The van der Waals surface area contributed by atoms with Crippen molar-refractivity contribution in [3.05, 3.63) is 29.8 Å². The van der Waals surface area contributed by atoms with Gasteiger partial charge in [0, 0.05) is 19.3 Å². The second-order valence-electron chi connectivity index (χ2n) is 8.27. The lowest BCUT2D eigenvalue weighted by Crippen LogP contribution is -2.15. The SMILES string of the molecule is CCCCNc1ccc(C(=O)OCCOCCOCCOCCOCCOCCOCCOCCOC)cc1. The molecule has 1 N–H and O–H groups in total. The van der Waals surface area contributed by atoms with Crippen LogP contribution >= 0.6 is 0 Å². The fourth-order valence-electron chi connectivity index (χ4n) is 2.97. The maximum atomic E-state index is 12.1. The Kier molecular flexibility index (Phi) is 25.0. The summed E-state index contributed by atoms with van der Waals surface area (Å²) in [5.41, 5.74) is 1.52. The Bertz CT molecular complexity index is 662. The third kappa shape index (κ3) is 22.7.